The van der Waals surface area contributed by atoms with E-state index in [0.29, 0.717) is 12.5 Å². The van der Waals surface area contributed by atoms with Gasteiger partial charge in [-0.2, -0.15) is 0 Å². The van der Waals surface area contributed by atoms with Gasteiger partial charge < -0.3 is 15.2 Å². The molecule has 0 amide bonds. The molecular weight excluding hydrogens is 262 g/mol. The fourth-order valence-corrected chi connectivity index (χ4v) is 2.31. The summed E-state index contributed by atoms with van der Waals surface area (Å²) in [6.45, 7) is 1.47. The lowest BCUT2D eigenvalue weighted by atomic mass is 10.1. The maximum absolute atomic E-state index is 6.30. The first-order chi connectivity index (χ1) is 9.26. The van der Waals surface area contributed by atoms with Crippen LogP contribution in [0.2, 0.25) is 5.02 Å². The lowest BCUT2D eigenvalue weighted by molar-refractivity contribution is 0.277. The van der Waals surface area contributed by atoms with Crippen molar-refractivity contribution in [1.82, 2.24) is 0 Å². The van der Waals surface area contributed by atoms with Crippen molar-refractivity contribution in [3.8, 4) is 11.5 Å². The van der Waals surface area contributed by atoms with Crippen LogP contribution < -0.4 is 15.2 Å². The topological polar surface area (TPSA) is 44.5 Å². The molecule has 2 N–H and O–H groups in total. The van der Waals surface area contributed by atoms with Gasteiger partial charge in [0.2, 0.25) is 0 Å². The minimum absolute atomic E-state index is 0.708. The van der Waals surface area contributed by atoms with Crippen LogP contribution in [-0.2, 0) is 6.42 Å². The van der Waals surface area contributed by atoms with E-state index in [1.54, 1.807) is 7.11 Å². The fourth-order valence-electron chi connectivity index (χ4n) is 2.07. The smallest absolute Gasteiger partial charge is 0.165 e. The molecule has 0 spiro atoms. The van der Waals surface area contributed by atoms with E-state index in [9.17, 15) is 0 Å². The van der Waals surface area contributed by atoms with Crippen LogP contribution in [0, 0.1) is 5.92 Å². The second-order valence-corrected chi connectivity index (χ2v) is 5.46. The molecule has 106 valence electrons. The Kier molecular flexibility index (Phi) is 5.34. The Bertz CT molecular complexity index is 419. The Balaban J connectivity index is 2.14. The van der Waals surface area contributed by atoms with Crippen molar-refractivity contribution < 1.29 is 9.47 Å². The highest BCUT2D eigenvalue weighted by Gasteiger charge is 2.24. The normalized spacial score (nSPS) is 14.5. The third kappa shape index (κ3) is 4.02. The number of methoxy groups -OCH3 is 1. The maximum Gasteiger partial charge on any atom is 0.165 e. The second kappa shape index (κ2) is 7.01. The fraction of sp³-hybridized carbons (Fsp3) is 0.600. The molecule has 0 bridgehead atoms. The summed E-state index contributed by atoms with van der Waals surface area (Å²) >= 11 is 6.30. The van der Waals surface area contributed by atoms with E-state index in [1.165, 1.54) is 12.8 Å². The van der Waals surface area contributed by atoms with Crippen LogP contribution in [0.1, 0.15) is 31.2 Å². The number of benzene rings is 1. The van der Waals surface area contributed by atoms with E-state index in [2.05, 4.69) is 0 Å². The molecule has 4 heteroatoms. The zero-order valence-corrected chi connectivity index (χ0v) is 12.2. The molecule has 1 saturated carbocycles. The number of hydrogen-bond acceptors (Lipinski definition) is 3. The zero-order valence-electron chi connectivity index (χ0n) is 11.5. The van der Waals surface area contributed by atoms with Gasteiger partial charge in [0.1, 0.15) is 0 Å². The lowest BCUT2D eigenvalue weighted by Crippen LogP contribution is -2.05. The predicted octanol–water partition coefficient (Wildman–Crippen LogP) is 3.42. The number of rotatable bonds is 8. The van der Waals surface area contributed by atoms with Gasteiger partial charge in [0, 0.05) is 10.6 Å². The number of ether oxygens (including phenoxy) is 2. The van der Waals surface area contributed by atoms with Crippen molar-refractivity contribution in [2.75, 3.05) is 20.3 Å². The minimum atomic E-state index is 0.708. The molecule has 0 saturated heterocycles. The van der Waals surface area contributed by atoms with Gasteiger partial charge in [0.15, 0.2) is 11.5 Å². The van der Waals surface area contributed by atoms with Crippen LogP contribution in [0.25, 0.3) is 0 Å². The third-order valence-electron chi connectivity index (χ3n) is 3.43. The van der Waals surface area contributed by atoms with E-state index < -0.39 is 0 Å². The van der Waals surface area contributed by atoms with E-state index in [4.69, 9.17) is 26.8 Å². The first kappa shape index (κ1) is 14.5. The van der Waals surface area contributed by atoms with Gasteiger partial charge >= 0.3 is 0 Å². The van der Waals surface area contributed by atoms with Crippen LogP contribution in [0.5, 0.6) is 11.5 Å². The largest absolute Gasteiger partial charge is 0.493 e. The predicted molar refractivity (Wildman–Crippen MR) is 78.2 cm³/mol. The zero-order chi connectivity index (χ0) is 13.7. The van der Waals surface area contributed by atoms with Gasteiger partial charge in [0.05, 0.1) is 13.7 Å². The summed E-state index contributed by atoms with van der Waals surface area (Å²) in [6.07, 6.45) is 5.43. The Morgan fingerprint density at radius 1 is 1.32 bits per heavy atom. The van der Waals surface area contributed by atoms with E-state index >= 15 is 0 Å². The van der Waals surface area contributed by atoms with Crippen molar-refractivity contribution >= 4 is 11.6 Å². The monoisotopic (exact) mass is 283 g/mol. The van der Waals surface area contributed by atoms with Crippen molar-refractivity contribution in [3.63, 3.8) is 0 Å². The van der Waals surface area contributed by atoms with E-state index in [1.807, 2.05) is 12.1 Å². The summed E-state index contributed by atoms with van der Waals surface area (Å²) in [5.41, 5.74) is 6.59. The second-order valence-electron chi connectivity index (χ2n) is 5.06. The molecular formula is C15H22ClNO2. The van der Waals surface area contributed by atoms with Crippen LogP contribution >= 0.6 is 11.6 Å². The first-order valence-electron chi connectivity index (χ1n) is 6.94. The van der Waals surface area contributed by atoms with Crippen molar-refractivity contribution in [3.05, 3.63) is 22.7 Å². The van der Waals surface area contributed by atoms with Gasteiger partial charge in [-0.15, -0.1) is 0 Å². The number of halogens is 1. The molecule has 1 aliphatic carbocycles. The number of hydrogen-bond donors (Lipinski definition) is 1. The summed E-state index contributed by atoms with van der Waals surface area (Å²) in [4.78, 5) is 0. The maximum atomic E-state index is 6.30. The molecule has 0 aliphatic heterocycles. The molecule has 1 aromatic carbocycles. The van der Waals surface area contributed by atoms with Gasteiger partial charge in [-0.1, -0.05) is 11.6 Å². The standard InChI is InChI=1S/C15H22ClNO2/c1-18-14-8-7-13(16)12(4-2-3-9-17)15(14)19-10-11-5-6-11/h7-8,11H,2-6,9-10,17H2,1H3. The molecule has 1 aliphatic rings. The van der Waals surface area contributed by atoms with Crippen molar-refractivity contribution in [1.29, 1.82) is 0 Å². The minimum Gasteiger partial charge on any atom is -0.493 e. The molecule has 0 atom stereocenters. The number of unbranched alkanes of at least 4 members (excludes halogenated alkanes) is 1. The van der Waals surface area contributed by atoms with Gasteiger partial charge in [-0.05, 0) is 56.7 Å². The molecule has 1 fully saturated rings. The Morgan fingerprint density at radius 3 is 2.74 bits per heavy atom. The molecule has 0 radical (unpaired) electrons. The summed E-state index contributed by atoms with van der Waals surface area (Å²) in [7, 11) is 1.66. The highest BCUT2D eigenvalue weighted by molar-refractivity contribution is 6.31. The third-order valence-corrected chi connectivity index (χ3v) is 3.78. The highest BCUT2D eigenvalue weighted by atomic mass is 35.5. The summed E-state index contributed by atoms with van der Waals surface area (Å²) in [5, 5.41) is 0.753. The van der Waals surface area contributed by atoms with Crippen LogP contribution in [0.3, 0.4) is 0 Å². The molecule has 0 heterocycles. The quantitative estimate of drug-likeness (QED) is 0.744. The molecule has 2 rings (SSSR count). The SMILES string of the molecule is COc1ccc(Cl)c(CCCCN)c1OCC1CC1. The van der Waals surface area contributed by atoms with Gasteiger partial charge in [-0.25, -0.2) is 0 Å². The summed E-state index contributed by atoms with van der Waals surface area (Å²) in [5.74, 6) is 2.30. The molecule has 1 aromatic rings. The first-order valence-corrected chi connectivity index (χ1v) is 7.32. The van der Waals surface area contributed by atoms with E-state index in [0.717, 1.165) is 48.0 Å². The molecule has 3 nitrogen and oxygen atoms in total. The highest BCUT2D eigenvalue weighted by Crippen LogP contribution is 2.39. The summed E-state index contributed by atoms with van der Waals surface area (Å²) in [6, 6.07) is 3.75. The molecule has 19 heavy (non-hydrogen) atoms. The van der Waals surface area contributed by atoms with Gasteiger partial charge in [0.25, 0.3) is 0 Å². The number of nitrogens with two attached hydrogens (primary N) is 1. The van der Waals surface area contributed by atoms with E-state index in [-0.39, 0.29) is 0 Å². The van der Waals surface area contributed by atoms with Gasteiger partial charge in [-0.3, -0.25) is 0 Å². The van der Waals surface area contributed by atoms with Crippen molar-refractivity contribution in [2.45, 2.75) is 32.1 Å². The summed E-state index contributed by atoms with van der Waals surface area (Å²) < 4.78 is 11.3. The Morgan fingerprint density at radius 2 is 2.11 bits per heavy atom. The lowest BCUT2D eigenvalue weighted by Gasteiger charge is -2.16. The van der Waals surface area contributed by atoms with Crippen LogP contribution in [0.4, 0.5) is 0 Å². The van der Waals surface area contributed by atoms with Crippen LogP contribution in [0.15, 0.2) is 12.1 Å². The molecule has 0 aromatic heterocycles. The van der Waals surface area contributed by atoms with Crippen LogP contribution in [-0.4, -0.2) is 20.3 Å². The Hall–Kier alpha value is -0.930. The van der Waals surface area contributed by atoms with Crippen molar-refractivity contribution in [2.24, 2.45) is 11.7 Å². The molecule has 0 unspecified atom stereocenters. The average Bonchev–Trinajstić information content (AvgIpc) is 3.23. The average molecular weight is 284 g/mol. The Labute approximate surface area is 120 Å².